The van der Waals surface area contributed by atoms with E-state index in [1.807, 2.05) is 20.8 Å². The second-order valence-electron chi connectivity index (χ2n) is 6.56. The molecule has 1 unspecified atom stereocenters. The van der Waals surface area contributed by atoms with Crippen LogP contribution in [0.15, 0.2) is 0 Å². The number of amides is 1. The maximum atomic E-state index is 11.8. The average Bonchev–Trinajstić information content (AvgIpc) is 2.08. The fourth-order valence-electron chi connectivity index (χ4n) is 1.37. The first-order valence-electron chi connectivity index (χ1n) is 5.87. The van der Waals surface area contributed by atoms with Crippen LogP contribution in [-0.2, 0) is 9.53 Å². The van der Waals surface area contributed by atoms with Gasteiger partial charge in [0.05, 0.1) is 6.04 Å². The minimum atomic E-state index is -0.541. The fourth-order valence-corrected chi connectivity index (χ4v) is 1.37. The predicted molar refractivity (Wildman–Crippen MR) is 67.9 cm³/mol. The molecule has 17 heavy (non-hydrogen) atoms. The molecule has 0 aliphatic rings. The first kappa shape index (κ1) is 15.9. The third kappa shape index (κ3) is 6.97. The molecular weight excluding hydrogens is 218 g/mol. The van der Waals surface area contributed by atoms with Crippen LogP contribution in [0, 0.1) is 5.41 Å². The van der Waals surface area contributed by atoms with Gasteiger partial charge in [-0.3, -0.25) is 0 Å². The minimum Gasteiger partial charge on any atom is -0.444 e. The number of carbonyl (C=O) groups excluding carboxylic acids is 2. The molecule has 1 atom stereocenters. The Bertz CT molecular complexity index is 273. The van der Waals surface area contributed by atoms with Crippen molar-refractivity contribution in [1.29, 1.82) is 0 Å². The lowest BCUT2D eigenvalue weighted by Gasteiger charge is -2.31. The van der Waals surface area contributed by atoms with Crippen molar-refractivity contribution in [3.63, 3.8) is 0 Å². The monoisotopic (exact) mass is 243 g/mol. The Morgan fingerprint density at radius 1 is 1.24 bits per heavy atom. The van der Waals surface area contributed by atoms with Crippen LogP contribution in [0.5, 0.6) is 0 Å². The van der Waals surface area contributed by atoms with Gasteiger partial charge in [-0.05, 0) is 32.6 Å². The topological polar surface area (TPSA) is 46.6 Å². The van der Waals surface area contributed by atoms with Gasteiger partial charge in [-0.1, -0.05) is 20.8 Å². The minimum absolute atomic E-state index is 0.0121. The van der Waals surface area contributed by atoms with Crippen LogP contribution in [0.2, 0.25) is 0 Å². The van der Waals surface area contributed by atoms with E-state index >= 15 is 0 Å². The summed E-state index contributed by atoms with van der Waals surface area (Å²) in [6, 6.07) is -0.440. The van der Waals surface area contributed by atoms with Gasteiger partial charge in [-0.25, -0.2) is 4.79 Å². The van der Waals surface area contributed by atoms with Crippen molar-refractivity contribution in [2.45, 2.75) is 59.6 Å². The predicted octanol–water partition coefficient (Wildman–Crippen LogP) is 2.86. The Hall–Kier alpha value is -1.06. The van der Waals surface area contributed by atoms with E-state index in [0.717, 1.165) is 6.29 Å². The molecule has 0 bridgehead atoms. The van der Waals surface area contributed by atoms with Crippen LogP contribution in [-0.4, -0.2) is 36.0 Å². The molecule has 1 amide bonds. The van der Waals surface area contributed by atoms with Crippen molar-refractivity contribution in [1.82, 2.24) is 4.90 Å². The Labute approximate surface area is 104 Å². The van der Waals surface area contributed by atoms with E-state index in [1.54, 1.807) is 27.8 Å². The summed E-state index contributed by atoms with van der Waals surface area (Å²) in [6.07, 6.45) is 0.959. The lowest BCUT2D eigenvalue weighted by molar-refractivity contribution is -0.113. The molecule has 0 aliphatic carbocycles. The highest BCUT2D eigenvalue weighted by atomic mass is 16.6. The second-order valence-corrected chi connectivity index (χ2v) is 6.56. The van der Waals surface area contributed by atoms with Gasteiger partial charge >= 0.3 is 6.09 Å². The third-order valence-corrected chi connectivity index (χ3v) is 2.16. The molecule has 0 aromatic carbocycles. The summed E-state index contributed by atoms with van der Waals surface area (Å²) in [5.74, 6) is 0. The van der Waals surface area contributed by atoms with Crippen LogP contribution in [0.1, 0.15) is 48.0 Å². The summed E-state index contributed by atoms with van der Waals surface area (Å²) >= 11 is 0. The Balaban J connectivity index is 4.59. The molecule has 0 saturated carbocycles. The zero-order valence-corrected chi connectivity index (χ0v) is 12.0. The molecule has 0 rings (SSSR count). The largest absolute Gasteiger partial charge is 0.444 e. The molecule has 0 aromatic heterocycles. The molecule has 100 valence electrons. The molecule has 0 saturated heterocycles. The number of nitrogens with zero attached hydrogens (tertiary/aromatic N) is 1. The van der Waals surface area contributed by atoms with Crippen molar-refractivity contribution in [2.75, 3.05) is 7.05 Å². The van der Waals surface area contributed by atoms with E-state index < -0.39 is 17.7 Å². The molecule has 0 aliphatic heterocycles. The Kier molecular flexibility index (Phi) is 5.17. The van der Waals surface area contributed by atoms with Crippen molar-refractivity contribution in [3.05, 3.63) is 0 Å². The van der Waals surface area contributed by atoms with Gasteiger partial charge < -0.3 is 14.4 Å². The summed E-state index contributed by atoms with van der Waals surface area (Å²) in [6.45, 7) is 11.5. The van der Waals surface area contributed by atoms with Crippen molar-refractivity contribution >= 4 is 12.4 Å². The van der Waals surface area contributed by atoms with Gasteiger partial charge in [0.2, 0.25) is 0 Å². The third-order valence-electron chi connectivity index (χ3n) is 2.16. The lowest BCUT2D eigenvalue weighted by atomic mass is 9.88. The highest BCUT2D eigenvalue weighted by Gasteiger charge is 2.28. The standard InChI is InChI=1S/C13H25NO3/c1-12(2,3)8-10(9-15)14(7)11(16)17-13(4,5)6/h9-10H,8H2,1-7H3. The Morgan fingerprint density at radius 2 is 1.71 bits per heavy atom. The van der Waals surface area contributed by atoms with E-state index in [1.165, 1.54) is 4.90 Å². The number of likely N-dealkylation sites (N-methyl/N-ethyl adjacent to an activating group) is 1. The second kappa shape index (κ2) is 5.52. The van der Waals surface area contributed by atoms with E-state index in [2.05, 4.69) is 0 Å². The van der Waals surface area contributed by atoms with E-state index in [4.69, 9.17) is 4.74 Å². The number of ether oxygens (including phenoxy) is 1. The summed E-state index contributed by atoms with van der Waals surface area (Å²) in [4.78, 5) is 24.2. The maximum absolute atomic E-state index is 11.8. The normalized spacial score (nSPS) is 14.1. The first-order chi connectivity index (χ1) is 7.46. The summed E-state index contributed by atoms with van der Waals surface area (Å²) in [7, 11) is 1.60. The molecular formula is C13H25NO3. The van der Waals surface area contributed by atoms with Crippen LogP contribution >= 0.6 is 0 Å². The smallest absolute Gasteiger partial charge is 0.410 e. The van der Waals surface area contributed by atoms with Gasteiger partial charge in [-0.15, -0.1) is 0 Å². The lowest BCUT2D eigenvalue weighted by Crippen LogP contribution is -2.43. The highest BCUT2D eigenvalue weighted by Crippen LogP contribution is 2.23. The zero-order valence-electron chi connectivity index (χ0n) is 12.0. The molecule has 4 heteroatoms. The van der Waals surface area contributed by atoms with Gasteiger partial charge in [0.1, 0.15) is 11.9 Å². The van der Waals surface area contributed by atoms with Gasteiger partial charge in [0.15, 0.2) is 0 Å². The van der Waals surface area contributed by atoms with E-state index in [9.17, 15) is 9.59 Å². The van der Waals surface area contributed by atoms with Crippen LogP contribution in [0.3, 0.4) is 0 Å². The number of aldehydes is 1. The number of carbonyl (C=O) groups is 2. The molecule has 0 N–H and O–H groups in total. The van der Waals surface area contributed by atoms with Crippen molar-refractivity contribution < 1.29 is 14.3 Å². The molecule has 0 fully saturated rings. The van der Waals surface area contributed by atoms with Crippen LogP contribution in [0.4, 0.5) is 4.79 Å². The van der Waals surface area contributed by atoms with Crippen LogP contribution in [0.25, 0.3) is 0 Å². The summed E-state index contributed by atoms with van der Waals surface area (Å²) in [5, 5.41) is 0. The average molecular weight is 243 g/mol. The molecule has 0 spiro atoms. The van der Waals surface area contributed by atoms with Crippen molar-refractivity contribution in [3.8, 4) is 0 Å². The van der Waals surface area contributed by atoms with E-state index in [-0.39, 0.29) is 5.41 Å². The summed E-state index contributed by atoms with van der Waals surface area (Å²) in [5.41, 5.74) is -0.553. The number of rotatable bonds is 3. The van der Waals surface area contributed by atoms with Gasteiger partial charge in [-0.2, -0.15) is 0 Å². The quantitative estimate of drug-likeness (QED) is 0.716. The highest BCUT2D eigenvalue weighted by molar-refractivity contribution is 5.73. The molecule has 0 radical (unpaired) electrons. The van der Waals surface area contributed by atoms with E-state index in [0.29, 0.717) is 6.42 Å². The molecule has 4 nitrogen and oxygen atoms in total. The Morgan fingerprint density at radius 3 is 2.00 bits per heavy atom. The number of hydrogen-bond donors (Lipinski definition) is 0. The zero-order chi connectivity index (χ0) is 13.9. The molecule has 0 aromatic rings. The SMILES string of the molecule is CN(C(=O)OC(C)(C)C)C(C=O)CC(C)(C)C. The first-order valence-corrected chi connectivity index (χ1v) is 5.87. The van der Waals surface area contributed by atoms with Crippen molar-refractivity contribution in [2.24, 2.45) is 5.41 Å². The molecule has 0 heterocycles. The maximum Gasteiger partial charge on any atom is 0.410 e. The van der Waals surface area contributed by atoms with Crippen LogP contribution < -0.4 is 0 Å². The van der Waals surface area contributed by atoms with Gasteiger partial charge in [0, 0.05) is 7.05 Å². The number of hydrogen-bond acceptors (Lipinski definition) is 3. The fraction of sp³-hybridized carbons (Fsp3) is 0.846. The summed E-state index contributed by atoms with van der Waals surface area (Å²) < 4.78 is 5.22. The van der Waals surface area contributed by atoms with Gasteiger partial charge in [0.25, 0.3) is 0 Å².